The van der Waals surface area contributed by atoms with Crippen molar-refractivity contribution in [3.63, 3.8) is 0 Å². The average Bonchev–Trinajstić information content (AvgIpc) is 2.86. The summed E-state index contributed by atoms with van der Waals surface area (Å²) in [6, 6.07) is 3.39. The lowest BCUT2D eigenvalue weighted by molar-refractivity contribution is 0.237. The van der Waals surface area contributed by atoms with Gasteiger partial charge in [0.25, 0.3) is 0 Å². The average molecular weight is 277 g/mol. The van der Waals surface area contributed by atoms with Crippen LogP contribution in [0.4, 0.5) is 0 Å². The number of rotatable bonds is 6. The molecule has 0 aromatic carbocycles. The van der Waals surface area contributed by atoms with Crippen molar-refractivity contribution < 1.29 is 0 Å². The first-order chi connectivity index (χ1) is 9.62. The zero-order chi connectivity index (χ0) is 14.5. The molecule has 2 atom stereocenters. The minimum Gasteiger partial charge on any atom is -0.308 e. The van der Waals surface area contributed by atoms with Crippen LogP contribution in [0.5, 0.6) is 0 Å². The molecule has 3 heteroatoms. The van der Waals surface area contributed by atoms with Crippen molar-refractivity contribution in [2.45, 2.75) is 78.4 Å². The number of hydrogen-bond donors (Lipinski definition) is 1. The van der Waals surface area contributed by atoms with Gasteiger partial charge >= 0.3 is 0 Å². The van der Waals surface area contributed by atoms with Crippen molar-refractivity contribution in [3.8, 4) is 0 Å². The molecule has 1 heterocycles. The molecule has 114 valence electrons. The van der Waals surface area contributed by atoms with Gasteiger partial charge in [-0.1, -0.05) is 27.7 Å². The molecule has 0 bridgehead atoms. The third-order valence-electron chi connectivity index (χ3n) is 4.73. The molecule has 0 radical (unpaired) electrons. The van der Waals surface area contributed by atoms with E-state index in [-0.39, 0.29) is 0 Å². The molecular formula is C17H31N3. The fraction of sp³-hybridized carbons (Fsp3) is 0.824. The van der Waals surface area contributed by atoms with Crippen LogP contribution in [0.15, 0.2) is 12.3 Å². The van der Waals surface area contributed by atoms with Crippen molar-refractivity contribution >= 4 is 0 Å². The molecule has 0 saturated heterocycles. The van der Waals surface area contributed by atoms with Gasteiger partial charge in [-0.25, -0.2) is 0 Å². The highest BCUT2D eigenvalue weighted by Gasteiger charge is 2.23. The summed E-state index contributed by atoms with van der Waals surface area (Å²) >= 11 is 0. The highest BCUT2D eigenvalue weighted by atomic mass is 15.3. The van der Waals surface area contributed by atoms with E-state index >= 15 is 0 Å². The largest absolute Gasteiger partial charge is 0.308 e. The van der Waals surface area contributed by atoms with E-state index < -0.39 is 0 Å². The first kappa shape index (κ1) is 15.6. The first-order valence-electron chi connectivity index (χ1n) is 8.39. The Labute approximate surface area is 124 Å². The van der Waals surface area contributed by atoms with Crippen LogP contribution in [0.25, 0.3) is 0 Å². The van der Waals surface area contributed by atoms with Crippen LogP contribution in [-0.4, -0.2) is 15.8 Å². The summed E-state index contributed by atoms with van der Waals surface area (Å²) < 4.78 is 2.14. The first-order valence-corrected chi connectivity index (χ1v) is 8.39. The lowest BCUT2D eigenvalue weighted by atomic mass is 9.80. The van der Waals surface area contributed by atoms with Crippen molar-refractivity contribution in [2.75, 3.05) is 0 Å². The van der Waals surface area contributed by atoms with Crippen LogP contribution in [0.2, 0.25) is 0 Å². The second-order valence-electron chi connectivity index (χ2n) is 6.75. The van der Waals surface area contributed by atoms with Crippen LogP contribution in [0.3, 0.4) is 0 Å². The molecule has 20 heavy (non-hydrogen) atoms. The number of nitrogens with zero attached hydrogens (tertiary/aromatic N) is 2. The van der Waals surface area contributed by atoms with Gasteiger partial charge in [-0.05, 0) is 50.0 Å². The molecule has 1 N–H and O–H groups in total. The normalized spacial score (nSPS) is 27.1. The highest BCUT2D eigenvalue weighted by Crippen LogP contribution is 2.28. The van der Waals surface area contributed by atoms with Crippen molar-refractivity contribution in [1.82, 2.24) is 15.1 Å². The summed E-state index contributed by atoms with van der Waals surface area (Å²) in [4.78, 5) is 0. The van der Waals surface area contributed by atoms with Crippen LogP contribution in [0.1, 0.15) is 71.5 Å². The van der Waals surface area contributed by atoms with E-state index in [0.717, 1.165) is 31.2 Å². The Morgan fingerprint density at radius 1 is 1.20 bits per heavy atom. The topological polar surface area (TPSA) is 29.9 Å². The molecule has 2 unspecified atom stereocenters. The Morgan fingerprint density at radius 3 is 2.45 bits per heavy atom. The van der Waals surface area contributed by atoms with Crippen molar-refractivity contribution in [2.24, 2.45) is 11.8 Å². The van der Waals surface area contributed by atoms with E-state index in [1.807, 2.05) is 0 Å². The highest BCUT2D eigenvalue weighted by molar-refractivity contribution is 5.00. The molecule has 1 aliphatic rings. The maximum atomic E-state index is 4.73. The molecule has 2 rings (SSSR count). The van der Waals surface area contributed by atoms with Gasteiger partial charge < -0.3 is 5.32 Å². The minimum absolute atomic E-state index is 0.554. The number of hydrogen-bond acceptors (Lipinski definition) is 2. The van der Waals surface area contributed by atoms with E-state index in [9.17, 15) is 0 Å². The zero-order valence-corrected chi connectivity index (χ0v) is 13.6. The predicted molar refractivity (Wildman–Crippen MR) is 84.7 cm³/mol. The van der Waals surface area contributed by atoms with E-state index in [1.54, 1.807) is 0 Å². The third kappa shape index (κ3) is 4.08. The Hall–Kier alpha value is -0.830. The summed E-state index contributed by atoms with van der Waals surface area (Å²) in [5.41, 5.74) is 1.18. The van der Waals surface area contributed by atoms with E-state index in [0.29, 0.717) is 12.1 Å². The zero-order valence-electron chi connectivity index (χ0n) is 13.6. The Balaban J connectivity index is 1.85. The van der Waals surface area contributed by atoms with Gasteiger partial charge in [0.15, 0.2) is 0 Å². The van der Waals surface area contributed by atoms with Crippen LogP contribution < -0.4 is 5.32 Å². The molecule has 0 spiro atoms. The summed E-state index contributed by atoms with van der Waals surface area (Å²) in [6.45, 7) is 10.1. The number of aromatic nitrogens is 2. The Morgan fingerprint density at radius 2 is 1.85 bits per heavy atom. The standard InChI is InChI=1S/C17H31N3/c1-5-17(6-2)20-8-7-15(19-20)12-18-16-10-13(3)9-14(4)11-16/h7-8,13-14,16-18H,5-6,9-12H2,1-4H3. The maximum absolute atomic E-state index is 4.73. The third-order valence-corrected chi connectivity index (χ3v) is 4.73. The van der Waals surface area contributed by atoms with Gasteiger partial charge in [0.05, 0.1) is 11.7 Å². The number of nitrogens with one attached hydrogen (secondary N) is 1. The molecule has 1 aliphatic carbocycles. The maximum Gasteiger partial charge on any atom is 0.0762 e. The quantitative estimate of drug-likeness (QED) is 0.846. The van der Waals surface area contributed by atoms with Gasteiger partial charge in [-0.3, -0.25) is 4.68 Å². The van der Waals surface area contributed by atoms with E-state index in [4.69, 9.17) is 5.10 Å². The van der Waals surface area contributed by atoms with Crippen molar-refractivity contribution in [3.05, 3.63) is 18.0 Å². The van der Waals surface area contributed by atoms with Crippen LogP contribution in [0, 0.1) is 11.8 Å². The Kier molecular flexibility index (Phi) is 5.64. The summed E-state index contributed by atoms with van der Waals surface area (Å²) in [5.74, 6) is 1.72. The minimum atomic E-state index is 0.554. The molecule has 3 nitrogen and oxygen atoms in total. The molecule has 1 aromatic heterocycles. The van der Waals surface area contributed by atoms with Gasteiger partial charge in [0.1, 0.15) is 0 Å². The molecule has 0 aliphatic heterocycles. The fourth-order valence-electron chi connectivity index (χ4n) is 3.70. The predicted octanol–water partition coefficient (Wildman–Crippen LogP) is 4.16. The van der Waals surface area contributed by atoms with Crippen LogP contribution in [-0.2, 0) is 6.54 Å². The molecule has 0 amide bonds. The molecule has 1 aromatic rings. The van der Waals surface area contributed by atoms with Gasteiger partial charge in [-0.15, -0.1) is 0 Å². The van der Waals surface area contributed by atoms with Gasteiger partial charge in [-0.2, -0.15) is 5.10 Å². The SMILES string of the molecule is CCC(CC)n1ccc(CNC2CC(C)CC(C)C2)n1. The second kappa shape index (κ2) is 7.26. The Bertz CT molecular complexity index is 385. The summed E-state index contributed by atoms with van der Waals surface area (Å²) in [6.07, 6.45) is 8.48. The monoisotopic (exact) mass is 277 g/mol. The van der Waals surface area contributed by atoms with Gasteiger partial charge in [0.2, 0.25) is 0 Å². The summed E-state index contributed by atoms with van der Waals surface area (Å²) in [5, 5.41) is 8.44. The van der Waals surface area contributed by atoms with E-state index in [1.165, 1.54) is 25.0 Å². The van der Waals surface area contributed by atoms with Crippen molar-refractivity contribution in [1.29, 1.82) is 0 Å². The molecule has 1 fully saturated rings. The van der Waals surface area contributed by atoms with Gasteiger partial charge in [0, 0.05) is 18.8 Å². The van der Waals surface area contributed by atoms with E-state index in [2.05, 4.69) is 50.0 Å². The fourth-order valence-corrected chi connectivity index (χ4v) is 3.70. The smallest absolute Gasteiger partial charge is 0.0762 e. The lowest BCUT2D eigenvalue weighted by Crippen LogP contribution is -2.36. The molecular weight excluding hydrogens is 246 g/mol. The van der Waals surface area contributed by atoms with Crippen LogP contribution >= 0.6 is 0 Å². The lowest BCUT2D eigenvalue weighted by Gasteiger charge is -2.31. The molecule has 1 saturated carbocycles. The summed E-state index contributed by atoms with van der Waals surface area (Å²) in [7, 11) is 0. The second-order valence-corrected chi connectivity index (χ2v) is 6.75.